The van der Waals surface area contributed by atoms with Gasteiger partial charge >= 0.3 is 0 Å². The van der Waals surface area contributed by atoms with Gasteiger partial charge in [-0.15, -0.1) is 0 Å². The van der Waals surface area contributed by atoms with E-state index in [-0.39, 0.29) is 11.3 Å². The Morgan fingerprint density at radius 3 is 2.76 bits per heavy atom. The molecule has 0 radical (unpaired) electrons. The molecule has 5 rings (SSSR count). The largest absolute Gasteiger partial charge is 0.356 e. The summed E-state index contributed by atoms with van der Waals surface area (Å²) < 4.78 is 1.88. The Bertz CT molecular complexity index is 877. The summed E-state index contributed by atoms with van der Waals surface area (Å²) in [5.41, 5.74) is 4.49. The summed E-state index contributed by atoms with van der Waals surface area (Å²) in [4.78, 5) is 15.1. The number of piperidine rings is 1. The van der Waals surface area contributed by atoms with Crippen molar-refractivity contribution in [1.82, 2.24) is 20.0 Å². The predicted molar refractivity (Wildman–Crippen MR) is 114 cm³/mol. The van der Waals surface area contributed by atoms with Crippen LogP contribution >= 0.6 is 0 Å². The number of benzene rings is 1. The van der Waals surface area contributed by atoms with Crippen LogP contribution in [0.4, 0.5) is 0 Å². The summed E-state index contributed by atoms with van der Waals surface area (Å²) >= 11 is 0. The summed E-state index contributed by atoms with van der Waals surface area (Å²) in [6.07, 6.45) is 10.8. The summed E-state index contributed by atoms with van der Waals surface area (Å²) in [7, 11) is 1.98. The second-order valence-corrected chi connectivity index (χ2v) is 9.52. The fourth-order valence-electron chi connectivity index (χ4n) is 5.51. The standard InChI is InChI=1S/C24H32N4O/c1-27-16-19(15-26-27)17-28-10-8-24(9-11-28)13-20(21-4-2-3-5-22(21)24)12-23(29)25-14-18-6-7-18/h2-5,15-16,18,20H,6-14,17H2,1H3,(H,25,29)/t20-/m1/s1. The number of hydrogen-bond donors (Lipinski definition) is 1. The molecule has 1 aliphatic heterocycles. The third-order valence-corrected chi connectivity index (χ3v) is 7.30. The SMILES string of the molecule is Cn1cc(CN2CCC3(CC2)C[C@@H](CC(=O)NCC2CC2)c2ccccc23)cn1. The van der Waals surface area contributed by atoms with Gasteiger partial charge in [0.1, 0.15) is 0 Å². The Morgan fingerprint density at radius 2 is 2.03 bits per heavy atom. The van der Waals surface area contributed by atoms with Crippen molar-refractivity contribution in [3.05, 3.63) is 53.3 Å². The molecule has 2 heterocycles. The van der Waals surface area contributed by atoms with Crippen LogP contribution in [0, 0.1) is 5.92 Å². The quantitative estimate of drug-likeness (QED) is 0.820. The van der Waals surface area contributed by atoms with Gasteiger partial charge in [-0.25, -0.2) is 0 Å². The molecule has 2 fully saturated rings. The van der Waals surface area contributed by atoms with E-state index in [9.17, 15) is 4.79 Å². The molecular formula is C24H32N4O. The van der Waals surface area contributed by atoms with Gasteiger partial charge in [-0.2, -0.15) is 5.10 Å². The van der Waals surface area contributed by atoms with E-state index in [0.717, 1.165) is 38.5 Å². The highest BCUT2D eigenvalue weighted by Gasteiger charge is 2.45. The second kappa shape index (κ2) is 7.60. The number of aryl methyl sites for hydroxylation is 1. The lowest BCUT2D eigenvalue weighted by Crippen LogP contribution is -2.41. The van der Waals surface area contributed by atoms with Gasteiger partial charge in [-0.05, 0) is 73.6 Å². The molecule has 2 aliphatic carbocycles. The number of amides is 1. The van der Waals surface area contributed by atoms with Gasteiger partial charge in [0, 0.05) is 38.3 Å². The van der Waals surface area contributed by atoms with Crippen molar-refractivity contribution < 1.29 is 4.79 Å². The minimum atomic E-state index is 0.239. The van der Waals surface area contributed by atoms with E-state index in [1.54, 1.807) is 0 Å². The normalized spacial score (nSPS) is 23.3. The number of aromatic nitrogens is 2. The van der Waals surface area contributed by atoms with Gasteiger partial charge in [0.25, 0.3) is 0 Å². The Hall–Kier alpha value is -2.14. The molecule has 1 N–H and O–H groups in total. The summed E-state index contributed by atoms with van der Waals surface area (Å²) in [6.45, 7) is 4.09. The van der Waals surface area contributed by atoms with Crippen LogP contribution in [-0.2, 0) is 23.8 Å². The molecule has 29 heavy (non-hydrogen) atoms. The molecular weight excluding hydrogens is 360 g/mol. The van der Waals surface area contributed by atoms with Gasteiger partial charge in [0.05, 0.1) is 6.20 Å². The van der Waals surface area contributed by atoms with E-state index < -0.39 is 0 Å². The van der Waals surface area contributed by atoms with Crippen LogP contribution in [0.1, 0.15) is 61.1 Å². The van der Waals surface area contributed by atoms with E-state index in [1.165, 1.54) is 42.4 Å². The lowest BCUT2D eigenvalue weighted by atomic mass is 9.73. The average Bonchev–Trinajstić information content (AvgIpc) is 3.41. The maximum absolute atomic E-state index is 12.5. The first-order valence-corrected chi connectivity index (χ1v) is 11.2. The molecule has 154 valence electrons. The van der Waals surface area contributed by atoms with Crippen molar-refractivity contribution in [2.75, 3.05) is 19.6 Å². The molecule has 0 bridgehead atoms. The number of nitrogens with zero attached hydrogens (tertiary/aromatic N) is 3. The van der Waals surface area contributed by atoms with Crippen LogP contribution in [0.5, 0.6) is 0 Å². The molecule has 1 aromatic heterocycles. The van der Waals surface area contributed by atoms with Crippen molar-refractivity contribution in [2.24, 2.45) is 13.0 Å². The van der Waals surface area contributed by atoms with Gasteiger partial charge in [0.2, 0.25) is 5.91 Å². The molecule has 5 nitrogen and oxygen atoms in total. The lowest BCUT2D eigenvalue weighted by molar-refractivity contribution is -0.121. The van der Waals surface area contributed by atoms with Gasteiger partial charge in [0.15, 0.2) is 0 Å². The first-order valence-electron chi connectivity index (χ1n) is 11.2. The van der Waals surface area contributed by atoms with E-state index in [0.29, 0.717) is 12.3 Å². The monoisotopic (exact) mass is 392 g/mol. The molecule has 1 atom stereocenters. The van der Waals surface area contributed by atoms with E-state index in [4.69, 9.17) is 0 Å². The average molecular weight is 393 g/mol. The van der Waals surface area contributed by atoms with Crippen LogP contribution in [0.3, 0.4) is 0 Å². The van der Waals surface area contributed by atoms with Crippen molar-refractivity contribution >= 4 is 5.91 Å². The van der Waals surface area contributed by atoms with Gasteiger partial charge in [-0.1, -0.05) is 24.3 Å². The van der Waals surface area contributed by atoms with Crippen molar-refractivity contribution in [1.29, 1.82) is 0 Å². The number of hydrogen-bond acceptors (Lipinski definition) is 3. The van der Waals surface area contributed by atoms with Gasteiger partial charge < -0.3 is 5.32 Å². The minimum Gasteiger partial charge on any atom is -0.356 e. The van der Waals surface area contributed by atoms with E-state index in [1.807, 2.05) is 17.9 Å². The fraction of sp³-hybridized carbons (Fsp3) is 0.583. The highest BCUT2D eigenvalue weighted by Crippen LogP contribution is 2.52. The summed E-state index contributed by atoms with van der Waals surface area (Å²) in [5.74, 6) is 1.35. The topological polar surface area (TPSA) is 50.2 Å². The Morgan fingerprint density at radius 1 is 1.24 bits per heavy atom. The van der Waals surface area contributed by atoms with E-state index >= 15 is 0 Å². The summed E-state index contributed by atoms with van der Waals surface area (Å²) in [5, 5.41) is 7.48. The minimum absolute atomic E-state index is 0.239. The maximum Gasteiger partial charge on any atom is 0.220 e. The first kappa shape index (κ1) is 18.9. The molecule has 0 unspecified atom stereocenters. The Labute approximate surface area is 173 Å². The first-order chi connectivity index (χ1) is 14.1. The highest BCUT2D eigenvalue weighted by atomic mass is 16.1. The Kier molecular flexibility index (Phi) is 4.94. The smallest absolute Gasteiger partial charge is 0.220 e. The third kappa shape index (κ3) is 3.97. The highest BCUT2D eigenvalue weighted by molar-refractivity contribution is 5.77. The molecule has 2 aromatic rings. The third-order valence-electron chi connectivity index (χ3n) is 7.30. The predicted octanol–water partition coefficient (Wildman–Crippen LogP) is 3.36. The van der Waals surface area contributed by atoms with Crippen LogP contribution in [0.15, 0.2) is 36.7 Å². The zero-order valence-corrected chi connectivity index (χ0v) is 17.4. The van der Waals surface area contributed by atoms with Crippen LogP contribution in [-0.4, -0.2) is 40.2 Å². The van der Waals surface area contributed by atoms with Crippen molar-refractivity contribution in [3.8, 4) is 0 Å². The lowest BCUT2D eigenvalue weighted by Gasteiger charge is -2.40. The van der Waals surface area contributed by atoms with Crippen LogP contribution in [0.2, 0.25) is 0 Å². The number of likely N-dealkylation sites (tertiary alicyclic amines) is 1. The van der Waals surface area contributed by atoms with E-state index in [2.05, 4.69) is 45.8 Å². The maximum atomic E-state index is 12.5. The number of rotatable bonds is 6. The van der Waals surface area contributed by atoms with Crippen LogP contribution < -0.4 is 5.32 Å². The fourth-order valence-corrected chi connectivity index (χ4v) is 5.51. The zero-order chi connectivity index (χ0) is 19.8. The zero-order valence-electron chi connectivity index (χ0n) is 17.4. The summed E-state index contributed by atoms with van der Waals surface area (Å²) in [6, 6.07) is 8.92. The molecule has 1 saturated carbocycles. The molecule has 3 aliphatic rings. The van der Waals surface area contributed by atoms with Crippen LogP contribution in [0.25, 0.3) is 0 Å². The number of carbonyl (C=O) groups excluding carboxylic acids is 1. The molecule has 1 spiro atoms. The molecule has 1 amide bonds. The number of carbonyl (C=O) groups is 1. The van der Waals surface area contributed by atoms with Gasteiger partial charge in [-0.3, -0.25) is 14.4 Å². The second-order valence-electron chi connectivity index (χ2n) is 9.52. The van der Waals surface area contributed by atoms with Crippen molar-refractivity contribution in [3.63, 3.8) is 0 Å². The number of fused-ring (bicyclic) bond motifs is 2. The number of nitrogens with one attached hydrogen (secondary N) is 1. The molecule has 5 heteroatoms. The van der Waals surface area contributed by atoms with Crippen molar-refractivity contribution in [2.45, 2.75) is 56.4 Å². The molecule has 1 saturated heterocycles. The Balaban J connectivity index is 1.25. The molecule has 1 aromatic carbocycles.